The van der Waals surface area contributed by atoms with Gasteiger partial charge in [0.2, 0.25) is 0 Å². The predicted octanol–water partition coefficient (Wildman–Crippen LogP) is 3.09. The van der Waals surface area contributed by atoms with Crippen LogP contribution in [0.5, 0.6) is 0 Å². The summed E-state index contributed by atoms with van der Waals surface area (Å²) >= 11 is 6.84. The molecule has 56 valence electrons. The average molecular weight is 188 g/mol. The number of benzene rings is 1. The van der Waals surface area contributed by atoms with E-state index >= 15 is 0 Å². The highest BCUT2D eigenvalue weighted by Crippen LogP contribution is 2.28. The minimum Gasteiger partial charge on any atom is -0.206 e. The molecular formula is C7H3ClFNS. The molecule has 0 saturated carbocycles. The first-order valence-corrected chi connectivity index (χ1v) is 4.13. The van der Waals surface area contributed by atoms with Crippen LogP contribution >= 0.6 is 23.1 Å². The van der Waals surface area contributed by atoms with Crippen LogP contribution in [0.4, 0.5) is 4.39 Å². The highest BCUT2D eigenvalue weighted by atomic mass is 35.5. The lowest BCUT2D eigenvalue weighted by atomic mass is 10.3. The van der Waals surface area contributed by atoms with Crippen molar-refractivity contribution >= 4 is 33.2 Å². The van der Waals surface area contributed by atoms with Gasteiger partial charge in [-0.1, -0.05) is 17.7 Å². The van der Waals surface area contributed by atoms with Gasteiger partial charge in [0.1, 0.15) is 5.82 Å². The lowest BCUT2D eigenvalue weighted by molar-refractivity contribution is 0.640. The van der Waals surface area contributed by atoms with E-state index in [0.29, 0.717) is 5.39 Å². The first-order chi connectivity index (χ1) is 5.29. The Balaban J connectivity index is 2.96. The van der Waals surface area contributed by atoms with Crippen molar-refractivity contribution in [2.24, 2.45) is 0 Å². The van der Waals surface area contributed by atoms with Gasteiger partial charge >= 0.3 is 0 Å². The summed E-state index contributed by atoms with van der Waals surface area (Å²) in [6.07, 6.45) is 0. The molecule has 1 heterocycles. The topological polar surface area (TPSA) is 12.9 Å². The van der Waals surface area contributed by atoms with Gasteiger partial charge in [0.25, 0.3) is 0 Å². The van der Waals surface area contributed by atoms with E-state index in [-0.39, 0.29) is 11.0 Å². The molecule has 4 heteroatoms. The van der Waals surface area contributed by atoms with E-state index in [2.05, 4.69) is 4.37 Å². The molecule has 1 aromatic heterocycles. The molecule has 0 unspecified atom stereocenters. The number of aromatic nitrogens is 1. The summed E-state index contributed by atoms with van der Waals surface area (Å²) in [6.45, 7) is 0. The van der Waals surface area contributed by atoms with Crippen molar-refractivity contribution < 1.29 is 4.39 Å². The molecule has 0 bridgehead atoms. The largest absolute Gasteiger partial charge is 0.206 e. The summed E-state index contributed by atoms with van der Waals surface area (Å²) in [5, 5.41) is 0.683. The van der Waals surface area contributed by atoms with E-state index in [1.54, 1.807) is 12.1 Å². The molecule has 0 fully saturated rings. The van der Waals surface area contributed by atoms with E-state index in [4.69, 9.17) is 11.6 Å². The van der Waals surface area contributed by atoms with Gasteiger partial charge in [0, 0.05) is 0 Å². The highest BCUT2D eigenvalue weighted by molar-refractivity contribution is 7.13. The molecule has 2 rings (SSSR count). The molecule has 0 spiro atoms. The van der Waals surface area contributed by atoms with Gasteiger partial charge in [-0.25, -0.2) is 4.39 Å². The predicted molar refractivity (Wildman–Crippen MR) is 44.6 cm³/mol. The van der Waals surface area contributed by atoms with Crippen molar-refractivity contribution in [1.82, 2.24) is 4.37 Å². The van der Waals surface area contributed by atoms with Crippen LogP contribution in [0.1, 0.15) is 0 Å². The van der Waals surface area contributed by atoms with Gasteiger partial charge < -0.3 is 0 Å². The fourth-order valence-corrected chi connectivity index (χ4v) is 1.96. The second kappa shape index (κ2) is 2.43. The Kier molecular flexibility index (Phi) is 1.55. The molecular weight excluding hydrogens is 185 g/mol. The standard InChI is InChI=1S/C7H3ClFNS/c8-7-6-4(9)2-1-3-5(6)11-10-7/h1-3H. The van der Waals surface area contributed by atoms with Gasteiger partial charge in [-0.05, 0) is 23.7 Å². The zero-order chi connectivity index (χ0) is 7.84. The van der Waals surface area contributed by atoms with Crippen molar-refractivity contribution in [1.29, 1.82) is 0 Å². The third kappa shape index (κ3) is 1.01. The molecule has 0 aliphatic heterocycles. The molecule has 0 atom stereocenters. The Labute approximate surface area is 71.6 Å². The van der Waals surface area contributed by atoms with Gasteiger partial charge in [-0.15, -0.1) is 0 Å². The Hall–Kier alpha value is -0.670. The molecule has 2 aromatic rings. The lowest BCUT2D eigenvalue weighted by Gasteiger charge is -1.88. The van der Waals surface area contributed by atoms with Crippen LogP contribution < -0.4 is 0 Å². The third-order valence-corrected chi connectivity index (χ3v) is 2.59. The number of hydrogen-bond donors (Lipinski definition) is 0. The van der Waals surface area contributed by atoms with Crippen molar-refractivity contribution in [2.45, 2.75) is 0 Å². The molecule has 0 N–H and O–H groups in total. The Morgan fingerprint density at radius 2 is 2.27 bits per heavy atom. The summed E-state index contributed by atoms with van der Waals surface area (Å²) in [6, 6.07) is 4.82. The molecule has 0 aliphatic rings. The summed E-state index contributed by atoms with van der Waals surface area (Å²) < 4.78 is 17.6. The summed E-state index contributed by atoms with van der Waals surface area (Å²) in [4.78, 5) is 0. The number of rotatable bonds is 0. The van der Waals surface area contributed by atoms with Crippen LogP contribution in [0.25, 0.3) is 10.1 Å². The van der Waals surface area contributed by atoms with Crippen molar-refractivity contribution in [2.75, 3.05) is 0 Å². The maximum atomic E-state index is 13.0. The van der Waals surface area contributed by atoms with Crippen LogP contribution in [0.15, 0.2) is 18.2 Å². The summed E-state index contributed by atoms with van der Waals surface area (Å²) in [5.41, 5.74) is 0. The third-order valence-electron chi connectivity index (χ3n) is 1.41. The monoisotopic (exact) mass is 187 g/mol. The van der Waals surface area contributed by atoms with Gasteiger partial charge in [0.05, 0.1) is 10.1 Å². The fourth-order valence-electron chi connectivity index (χ4n) is 0.916. The Bertz CT molecular complexity index is 398. The molecule has 0 radical (unpaired) electrons. The molecule has 0 aliphatic carbocycles. The van der Waals surface area contributed by atoms with Crippen LogP contribution in [0.3, 0.4) is 0 Å². The highest BCUT2D eigenvalue weighted by Gasteiger charge is 2.07. The maximum Gasteiger partial charge on any atom is 0.153 e. The number of halogens is 2. The zero-order valence-electron chi connectivity index (χ0n) is 5.34. The summed E-state index contributed by atoms with van der Waals surface area (Å²) in [5.74, 6) is -0.304. The van der Waals surface area contributed by atoms with Gasteiger partial charge in [-0.2, -0.15) is 4.37 Å². The Morgan fingerprint density at radius 1 is 1.45 bits per heavy atom. The molecule has 1 aromatic carbocycles. The minimum absolute atomic E-state index is 0.253. The molecule has 11 heavy (non-hydrogen) atoms. The second-order valence-electron chi connectivity index (χ2n) is 2.09. The lowest BCUT2D eigenvalue weighted by Crippen LogP contribution is -1.72. The second-order valence-corrected chi connectivity index (χ2v) is 3.25. The van der Waals surface area contributed by atoms with E-state index in [9.17, 15) is 4.39 Å². The van der Waals surface area contributed by atoms with E-state index in [1.165, 1.54) is 17.6 Å². The first-order valence-electron chi connectivity index (χ1n) is 2.98. The maximum absolute atomic E-state index is 13.0. The zero-order valence-corrected chi connectivity index (χ0v) is 6.92. The van der Waals surface area contributed by atoms with Crippen LogP contribution in [-0.2, 0) is 0 Å². The number of nitrogens with zero attached hydrogens (tertiary/aromatic N) is 1. The average Bonchev–Trinajstić information content (AvgIpc) is 2.34. The van der Waals surface area contributed by atoms with E-state index in [1.807, 2.05) is 0 Å². The SMILES string of the molecule is Fc1cccc2snc(Cl)c12. The summed E-state index contributed by atoms with van der Waals surface area (Å²) in [7, 11) is 0. The van der Waals surface area contributed by atoms with Gasteiger partial charge in [0.15, 0.2) is 5.15 Å². The molecule has 0 saturated heterocycles. The van der Waals surface area contributed by atoms with Gasteiger partial charge in [-0.3, -0.25) is 0 Å². The first kappa shape index (κ1) is 7.00. The van der Waals surface area contributed by atoms with E-state index in [0.717, 1.165) is 4.70 Å². The Morgan fingerprint density at radius 3 is 3.00 bits per heavy atom. The van der Waals surface area contributed by atoms with Crippen molar-refractivity contribution in [3.63, 3.8) is 0 Å². The van der Waals surface area contributed by atoms with Crippen LogP contribution in [-0.4, -0.2) is 4.37 Å². The number of fused-ring (bicyclic) bond motifs is 1. The van der Waals surface area contributed by atoms with Crippen molar-refractivity contribution in [3.05, 3.63) is 29.2 Å². The molecule has 0 amide bonds. The van der Waals surface area contributed by atoms with E-state index < -0.39 is 0 Å². The smallest absolute Gasteiger partial charge is 0.153 e. The van der Waals surface area contributed by atoms with Crippen LogP contribution in [0.2, 0.25) is 5.15 Å². The van der Waals surface area contributed by atoms with Crippen molar-refractivity contribution in [3.8, 4) is 0 Å². The molecule has 1 nitrogen and oxygen atoms in total. The normalized spacial score (nSPS) is 10.7. The minimum atomic E-state index is -0.304. The van der Waals surface area contributed by atoms with Crippen LogP contribution in [0, 0.1) is 5.82 Å². The fraction of sp³-hybridized carbons (Fsp3) is 0. The quantitative estimate of drug-likeness (QED) is 0.618. The number of hydrogen-bond acceptors (Lipinski definition) is 2.